The van der Waals surface area contributed by atoms with Crippen LogP contribution < -0.4 is 5.32 Å². The van der Waals surface area contributed by atoms with E-state index < -0.39 is 11.4 Å². The van der Waals surface area contributed by atoms with Gasteiger partial charge in [-0.3, -0.25) is 9.59 Å². The van der Waals surface area contributed by atoms with E-state index in [9.17, 15) is 14.7 Å². The highest BCUT2D eigenvalue weighted by atomic mass is 16.4. The zero-order valence-electron chi connectivity index (χ0n) is 11.2. The van der Waals surface area contributed by atoms with Crippen LogP contribution in [-0.2, 0) is 9.59 Å². The predicted octanol–water partition coefficient (Wildman–Crippen LogP) is 2.41. The second-order valence-corrected chi connectivity index (χ2v) is 5.35. The SMILES string of the molecule is Cc1ccc(C(C)NC(=O)CC2(C(=O)O)CCC2)o1. The molecule has 0 saturated heterocycles. The van der Waals surface area contributed by atoms with Crippen LogP contribution in [0.1, 0.15) is 50.2 Å². The van der Waals surface area contributed by atoms with Gasteiger partial charge < -0.3 is 14.8 Å². The minimum atomic E-state index is -0.865. The first-order valence-corrected chi connectivity index (χ1v) is 6.52. The van der Waals surface area contributed by atoms with E-state index in [1.807, 2.05) is 26.0 Å². The smallest absolute Gasteiger partial charge is 0.310 e. The fourth-order valence-corrected chi connectivity index (χ4v) is 2.43. The second-order valence-electron chi connectivity index (χ2n) is 5.35. The Morgan fingerprint density at radius 3 is 2.58 bits per heavy atom. The first kappa shape index (κ1) is 13.6. The quantitative estimate of drug-likeness (QED) is 0.856. The number of carboxylic acid groups (broad SMARTS) is 1. The van der Waals surface area contributed by atoms with Gasteiger partial charge in [-0.05, 0) is 38.8 Å². The van der Waals surface area contributed by atoms with Crippen molar-refractivity contribution in [2.24, 2.45) is 5.41 Å². The van der Waals surface area contributed by atoms with E-state index >= 15 is 0 Å². The molecule has 2 N–H and O–H groups in total. The number of carboxylic acids is 1. The molecular weight excluding hydrogens is 246 g/mol. The van der Waals surface area contributed by atoms with Gasteiger partial charge >= 0.3 is 5.97 Å². The van der Waals surface area contributed by atoms with Crippen LogP contribution in [-0.4, -0.2) is 17.0 Å². The molecular formula is C14H19NO4. The number of aryl methyl sites for hydroxylation is 1. The zero-order valence-corrected chi connectivity index (χ0v) is 11.2. The van der Waals surface area contributed by atoms with Crippen LogP contribution in [0.25, 0.3) is 0 Å². The molecule has 1 amide bonds. The largest absolute Gasteiger partial charge is 0.481 e. The molecule has 1 fully saturated rings. The number of amides is 1. The van der Waals surface area contributed by atoms with Gasteiger partial charge in [0, 0.05) is 6.42 Å². The summed E-state index contributed by atoms with van der Waals surface area (Å²) >= 11 is 0. The van der Waals surface area contributed by atoms with E-state index in [1.165, 1.54) is 0 Å². The fourth-order valence-electron chi connectivity index (χ4n) is 2.43. The van der Waals surface area contributed by atoms with Crippen LogP contribution in [0, 0.1) is 12.3 Å². The van der Waals surface area contributed by atoms with Crippen LogP contribution in [0.3, 0.4) is 0 Å². The van der Waals surface area contributed by atoms with Crippen molar-refractivity contribution >= 4 is 11.9 Å². The molecule has 0 aliphatic heterocycles. The van der Waals surface area contributed by atoms with Crippen molar-refractivity contribution < 1.29 is 19.1 Å². The van der Waals surface area contributed by atoms with E-state index in [1.54, 1.807) is 0 Å². The predicted molar refractivity (Wildman–Crippen MR) is 68.5 cm³/mol. The molecule has 0 bridgehead atoms. The van der Waals surface area contributed by atoms with E-state index in [0.717, 1.165) is 12.2 Å². The summed E-state index contributed by atoms with van der Waals surface area (Å²) in [4.78, 5) is 23.1. The van der Waals surface area contributed by atoms with Gasteiger partial charge in [0.25, 0.3) is 0 Å². The molecule has 1 aromatic heterocycles. The maximum absolute atomic E-state index is 11.9. The monoisotopic (exact) mass is 265 g/mol. The van der Waals surface area contributed by atoms with Gasteiger partial charge in [-0.2, -0.15) is 0 Å². The molecule has 0 aromatic carbocycles. The second kappa shape index (κ2) is 5.07. The molecule has 0 radical (unpaired) electrons. The third-order valence-electron chi connectivity index (χ3n) is 3.83. The Balaban J connectivity index is 1.92. The Hall–Kier alpha value is -1.78. The summed E-state index contributed by atoms with van der Waals surface area (Å²) in [5, 5.41) is 12.0. The first-order valence-electron chi connectivity index (χ1n) is 6.52. The average Bonchev–Trinajstić information content (AvgIpc) is 2.69. The summed E-state index contributed by atoms with van der Waals surface area (Å²) in [6.45, 7) is 3.66. The highest BCUT2D eigenvalue weighted by Gasteiger charge is 2.46. The molecule has 5 heteroatoms. The Labute approximate surface area is 112 Å². The summed E-state index contributed by atoms with van der Waals surface area (Å²) in [7, 11) is 0. The number of hydrogen-bond donors (Lipinski definition) is 2. The number of carbonyl (C=O) groups is 2. The average molecular weight is 265 g/mol. The Bertz CT molecular complexity index is 487. The Morgan fingerprint density at radius 1 is 1.47 bits per heavy atom. The highest BCUT2D eigenvalue weighted by Crippen LogP contribution is 2.44. The summed E-state index contributed by atoms with van der Waals surface area (Å²) in [6, 6.07) is 3.41. The lowest BCUT2D eigenvalue weighted by molar-refractivity contribution is -0.157. The van der Waals surface area contributed by atoms with Crippen molar-refractivity contribution in [2.45, 2.75) is 45.6 Å². The lowest BCUT2D eigenvalue weighted by atomic mass is 9.66. The maximum atomic E-state index is 11.9. The highest BCUT2D eigenvalue weighted by molar-refractivity contribution is 5.85. The summed E-state index contributed by atoms with van der Waals surface area (Å²) in [5.41, 5.74) is -0.844. The minimum Gasteiger partial charge on any atom is -0.481 e. The molecule has 104 valence electrons. The van der Waals surface area contributed by atoms with Gasteiger partial charge in [0.15, 0.2) is 0 Å². The summed E-state index contributed by atoms with van der Waals surface area (Å²) < 4.78 is 5.43. The van der Waals surface area contributed by atoms with Crippen molar-refractivity contribution in [3.05, 3.63) is 23.7 Å². The molecule has 1 aliphatic carbocycles. The molecule has 0 spiro atoms. The van der Waals surface area contributed by atoms with Gasteiger partial charge in [-0.15, -0.1) is 0 Å². The number of hydrogen-bond acceptors (Lipinski definition) is 3. The minimum absolute atomic E-state index is 0.0480. The van der Waals surface area contributed by atoms with Gasteiger partial charge in [0.2, 0.25) is 5.91 Å². The first-order chi connectivity index (χ1) is 8.93. The molecule has 19 heavy (non-hydrogen) atoms. The molecule has 1 unspecified atom stereocenters. The van der Waals surface area contributed by atoms with Gasteiger partial charge in [0.05, 0.1) is 11.5 Å². The lowest BCUT2D eigenvalue weighted by Crippen LogP contribution is -2.42. The third-order valence-corrected chi connectivity index (χ3v) is 3.83. The molecule has 1 heterocycles. The number of furan rings is 1. The number of nitrogens with one attached hydrogen (secondary N) is 1. The van der Waals surface area contributed by atoms with Crippen molar-refractivity contribution in [2.75, 3.05) is 0 Å². The Morgan fingerprint density at radius 2 is 2.16 bits per heavy atom. The van der Waals surface area contributed by atoms with Gasteiger partial charge in [0.1, 0.15) is 11.5 Å². The number of aliphatic carboxylic acids is 1. The molecule has 1 saturated carbocycles. The number of carbonyl (C=O) groups excluding carboxylic acids is 1. The molecule has 2 rings (SSSR count). The normalized spacial score (nSPS) is 18.4. The van der Waals surface area contributed by atoms with E-state index in [2.05, 4.69) is 5.32 Å². The van der Waals surface area contributed by atoms with Crippen LogP contribution in [0.4, 0.5) is 0 Å². The van der Waals surface area contributed by atoms with Crippen molar-refractivity contribution in [1.82, 2.24) is 5.32 Å². The van der Waals surface area contributed by atoms with E-state index in [0.29, 0.717) is 18.6 Å². The molecule has 1 aliphatic rings. The Kier molecular flexibility index (Phi) is 3.64. The van der Waals surface area contributed by atoms with Gasteiger partial charge in [-0.25, -0.2) is 0 Å². The zero-order chi connectivity index (χ0) is 14.0. The van der Waals surface area contributed by atoms with E-state index in [4.69, 9.17) is 4.42 Å². The molecule has 1 atom stereocenters. The standard InChI is InChI=1S/C14H19NO4/c1-9-4-5-11(19-9)10(2)15-12(16)8-14(13(17)18)6-3-7-14/h4-5,10H,3,6-8H2,1-2H3,(H,15,16)(H,17,18). The van der Waals surface area contributed by atoms with Gasteiger partial charge in [-0.1, -0.05) is 6.42 Å². The van der Waals surface area contributed by atoms with Crippen molar-refractivity contribution in [3.63, 3.8) is 0 Å². The summed E-state index contributed by atoms with van der Waals surface area (Å²) in [6.07, 6.45) is 2.10. The van der Waals surface area contributed by atoms with Crippen LogP contribution in [0.15, 0.2) is 16.5 Å². The third kappa shape index (κ3) is 2.80. The number of rotatable bonds is 5. The topological polar surface area (TPSA) is 79.5 Å². The lowest BCUT2D eigenvalue weighted by Gasteiger charge is -2.37. The molecule has 5 nitrogen and oxygen atoms in total. The van der Waals surface area contributed by atoms with Crippen LogP contribution in [0.5, 0.6) is 0 Å². The van der Waals surface area contributed by atoms with Crippen molar-refractivity contribution in [1.29, 1.82) is 0 Å². The van der Waals surface area contributed by atoms with Crippen molar-refractivity contribution in [3.8, 4) is 0 Å². The molecule has 1 aromatic rings. The van der Waals surface area contributed by atoms with Crippen LogP contribution in [0.2, 0.25) is 0 Å². The summed E-state index contributed by atoms with van der Waals surface area (Å²) in [5.74, 6) is 0.375. The van der Waals surface area contributed by atoms with E-state index in [-0.39, 0.29) is 18.4 Å². The fraction of sp³-hybridized carbons (Fsp3) is 0.571. The maximum Gasteiger partial charge on any atom is 0.310 e. The van der Waals surface area contributed by atoms with Crippen LogP contribution >= 0.6 is 0 Å².